The van der Waals surface area contributed by atoms with Crippen LogP contribution in [0.4, 0.5) is 0 Å². The Balaban J connectivity index is 3.02. The number of rotatable bonds is 0. The third kappa shape index (κ3) is 1.07. The average molecular weight is 156 g/mol. The van der Waals surface area contributed by atoms with Gasteiger partial charge in [-0.2, -0.15) is 0 Å². The van der Waals surface area contributed by atoms with Gasteiger partial charge >= 0.3 is 0 Å². The van der Waals surface area contributed by atoms with Crippen LogP contribution in [0, 0.1) is 0 Å². The Bertz CT molecular complexity index is 229. The van der Waals surface area contributed by atoms with E-state index in [4.69, 9.17) is 23.0 Å². The summed E-state index contributed by atoms with van der Waals surface area (Å²) in [6.45, 7) is 1.77. The van der Waals surface area contributed by atoms with Gasteiger partial charge in [0.25, 0.3) is 0 Å². The van der Waals surface area contributed by atoms with Gasteiger partial charge in [-0.1, -0.05) is 0 Å². The van der Waals surface area contributed by atoms with E-state index in [0.29, 0.717) is 0 Å². The summed E-state index contributed by atoms with van der Waals surface area (Å²) in [6, 6.07) is 0. The van der Waals surface area contributed by atoms with Crippen molar-refractivity contribution >= 4 is 5.84 Å². The van der Waals surface area contributed by atoms with Gasteiger partial charge in [0.2, 0.25) is 0 Å². The Morgan fingerprint density at radius 2 is 1.91 bits per heavy atom. The molecule has 0 spiro atoms. The second-order valence-electron chi connectivity index (χ2n) is 2.35. The van der Waals surface area contributed by atoms with Crippen LogP contribution in [0.25, 0.3) is 0 Å². The summed E-state index contributed by atoms with van der Waals surface area (Å²) < 4.78 is 0. The number of aliphatic imine (C=N–C) groups is 1. The van der Waals surface area contributed by atoms with Gasteiger partial charge in [0.05, 0.1) is 0 Å². The fraction of sp³-hybridized carbons (Fsp3) is 0.400. The molecule has 0 saturated heterocycles. The second-order valence-corrected chi connectivity index (χ2v) is 2.35. The third-order valence-electron chi connectivity index (χ3n) is 1.56. The van der Waals surface area contributed by atoms with Crippen LogP contribution in [0.3, 0.4) is 0 Å². The van der Waals surface area contributed by atoms with Crippen LogP contribution in [0.5, 0.6) is 0 Å². The molecule has 6 heteroatoms. The van der Waals surface area contributed by atoms with Gasteiger partial charge in [0.1, 0.15) is 23.5 Å². The molecule has 0 radical (unpaired) electrons. The van der Waals surface area contributed by atoms with Gasteiger partial charge in [0, 0.05) is 0 Å². The number of amidine groups is 1. The van der Waals surface area contributed by atoms with Crippen LogP contribution >= 0.6 is 0 Å². The number of hydrazine groups is 1. The predicted octanol–water partition coefficient (Wildman–Crippen LogP) is -2.03. The lowest BCUT2D eigenvalue weighted by Gasteiger charge is -2.28. The van der Waals surface area contributed by atoms with E-state index in [1.165, 1.54) is 5.01 Å². The van der Waals surface area contributed by atoms with Crippen molar-refractivity contribution in [2.24, 2.45) is 28.0 Å². The Morgan fingerprint density at radius 3 is 2.45 bits per heavy atom. The number of nitrogens with zero attached hydrogens (tertiary/aromatic N) is 2. The minimum Gasteiger partial charge on any atom is -0.393 e. The van der Waals surface area contributed by atoms with Gasteiger partial charge in [-0.05, 0) is 6.92 Å². The van der Waals surface area contributed by atoms with Crippen molar-refractivity contribution in [3.8, 4) is 0 Å². The highest BCUT2D eigenvalue weighted by Crippen LogP contribution is 2.08. The fourth-order valence-corrected chi connectivity index (χ4v) is 0.805. The number of hydrogen-bond acceptors (Lipinski definition) is 6. The highest BCUT2D eigenvalue weighted by atomic mass is 15.5. The van der Waals surface area contributed by atoms with Gasteiger partial charge < -0.3 is 17.2 Å². The molecule has 1 rings (SSSR count). The van der Waals surface area contributed by atoms with Crippen molar-refractivity contribution in [2.75, 3.05) is 0 Å². The highest BCUT2D eigenvalue weighted by molar-refractivity contribution is 5.97. The predicted molar refractivity (Wildman–Crippen MR) is 42.5 cm³/mol. The molecule has 62 valence electrons. The molecule has 0 aromatic rings. The monoisotopic (exact) mass is 156 g/mol. The van der Waals surface area contributed by atoms with Gasteiger partial charge in [0.15, 0.2) is 0 Å². The maximum absolute atomic E-state index is 5.50. The van der Waals surface area contributed by atoms with Crippen LogP contribution in [0.15, 0.2) is 16.5 Å². The molecule has 8 N–H and O–H groups in total. The first kappa shape index (κ1) is 7.67. The molecule has 0 amide bonds. The lowest BCUT2D eigenvalue weighted by molar-refractivity contribution is 0.273. The molecule has 0 aromatic carbocycles. The van der Waals surface area contributed by atoms with Crippen LogP contribution in [0.1, 0.15) is 6.92 Å². The van der Waals surface area contributed by atoms with Crippen molar-refractivity contribution in [1.29, 1.82) is 0 Å². The first-order valence-electron chi connectivity index (χ1n) is 3.17. The first-order chi connectivity index (χ1) is 5.04. The minimum atomic E-state index is -0.248. The number of hydrogen-bond donors (Lipinski definition) is 4. The average Bonchev–Trinajstić information content (AvgIpc) is 1.97. The molecule has 0 saturated carbocycles. The zero-order chi connectivity index (χ0) is 8.59. The molecule has 1 heterocycles. The molecule has 0 fully saturated rings. The fourth-order valence-electron chi connectivity index (χ4n) is 0.805. The summed E-state index contributed by atoms with van der Waals surface area (Å²) >= 11 is 0. The normalized spacial score (nSPS) is 25.5. The molecule has 6 nitrogen and oxygen atoms in total. The molecule has 1 aliphatic heterocycles. The summed E-state index contributed by atoms with van der Waals surface area (Å²) in [6.07, 6.45) is -0.248. The molecule has 1 atom stereocenters. The molecule has 1 unspecified atom stereocenters. The summed E-state index contributed by atoms with van der Waals surface area (Å²) in [5.74, 6) is 6.00. The lowest BCUT2D eigenvalue weighted by Crippen LogP contribution is -2.48. The summed E-state index contributed by atoms with van der Waals surface area (Å²) in [5.41, 5.74) is 16.6. The van der Waals surface area contributed by atoms with E-state index in [1.54, 1.807) is 6.92 Å². The minimum absolute atomic E-state index is 0.241. The zero-order valence-electron chi connectivity index (χ0n) is 6.28. The van der Waals surface area contributed by atoms with E-state index >= 15 is 0 Å². The summed E-state index contributed by atoms with van der Waals surface area (Å²) in [7, 11) is 0. The van der Waals surface area contributed by atoms with Crippen molar-refractivity contribution in [1.82, 2.24) is 5.01 Å². The van der Waals surface area contributed by atoms with Crippen molar-refractivity contribution < 1.29 is 0 Å². The van der Waals surface area contributed by atoms with E-state index < -0.39 is 0 Å². The molecule has 0 bridgehead atoms. The van der Waals surface area contributed by atoms with Crippen LogP contribution in [-0.4, -0.2) is 17.0 Å². The standard InChI is InChI=1S/C5H12N6/c1-2-10-4(7)3(6)5(8)11(2)9/h2H,6,8-9H2,1H3,(H2,7,10). The third-order valence-corrected chi connectivity index (χ3v) is 1.56. The molecular weight excluding hydrogens is 144 g/mol. The summed E-state index contributed by atoms with van der Waals surface area (Å²) in [5, 5.41) is 1.27. The Hall–Kier alpha value is -1.43. The van der Waals surface area contributed by atoms with E-state index in [2.05, 4.69) is 4.99 Å². The first-order valence-corrected chi connectivity index (χ1v) is 3.17. The smallest absolute Gasteiger partial charge is 0.147 e. The van der Waals surface area contributed by atoms with Crippen molar-refractivity contribution in [3.05, 3.63) is 11.5 Å². The SMILES string of the molecule is CC1N=C(N)C(N)=C(N)N1N. The number of nitrogens with two attached hydrogens (primary N) is 4. The van der Waals surface area contributed by atoms with E-state index in [-0.39, 0.29) is 23.5 Å². The van der Waals surface area contributed by atoms with Gasteiger partial charge in [-0.25, -0.2) is 10.8 Å². The lowest BCUT2D eigenvalue weighted by atomic mass is 10.3. The largest absolute Gasteiger partial charge is 0.393 e. The highest BCUT2D eigenvalue weighted by Gasteiger charge is 2.19. The Labute approximate surface area is 64.5 Å². The topological polar surface area (TPSA) is 120 Å². The van der Waals surface area contributed by atoms with Crippen LogP contribution in [0.2, 0.25) is 0 Å². The molecular formula is C5H12N6. The zero-order valence-corrected chi connectivity index (χ0v) is 6.28. The summed E-state index contributed by atoms with van der Waals surface area (Å²) in [4.78, 5) is 3.93. The van der Waals surface area contributed by atoms with E-state index in [9.17, 15) is 0 Å². The van der Waals surface area contributed by atoms with Gasteiger partial charge in [-0.15, -0.1) is 0 Å². The Morgan fingerprint density at radius 1 is 1.36 bits per heavy atom. The second kappa shape index (κ2) is 2.31. The molecule has 1 aliphatic rings. The molecule has 0 aliphatic carbocycles. The Kier molecular flexibility index (Phi) is 1.61. The van der Waals surface area contributed by atoms with Gasteiger partial charge in [-0.3, -0.25) is 5.01 Å². The van der Waals surface area contributed by atoms with Crippen LogP contribution < -0.4 is 23.0 Å². The maximum atomic E-state index is 5.50. The van der Waals surface area contributed by atoms with E-state index in [1.807, 2.05) is 0 Å². The quantitative estimate of drug-likeness (QED) is 0.301. The van der Waals surface area contributed by atoms with Crippen LogP contribution in [-0.2, 0) is 0 Å². The van der Waals surface area contributed by atoms with E-state index in [0.717, 1.165) is 0 Å². The van der Waals surface area contributed by atoms with Crippen molar-refractivity contribution in [2.45, 2.75) is 13.1 Å². The maximum Gasteiger partial charge on any atom is 0.147 e. The molecule has 0 aromatic heterocycles. The van der Waals surface area contributed by atoms with Crippen molar-refractivity contribution in [3.63, 3.8) is 0 Å². The molecule has 11 heavy (non-hydrogen) atoms.